The minimum atomic E-state index is -3.82. The van der Waals surface area contributed by atoms with Crippen LogP contribution < -0.4 is 0 Å². The fourth-order valence-corrected chi connectivity index (χ4v) is 4.46. The van der Waals surface area contributed by atoms with Gasteiger partial charge in [0.15, 0.2) is 0 Å². The van der Waals surface area contributed by atoms with Crippen molar-refractivity contribution in [3.05, 3.63) is 29.6 Å². The Hall–Kier alpha value is -1.51. The first-order chi connectivity index (χ1) is 10.8. The second-order valence-electron chi connectivity index (χ2n) is 5.47. The predicted molar refractivity (Wildman–Crippen MR) is 83.4 cm³/mol. The van der Waals surface area contributed by atoms with Gasteiger partial charge in [0.25, 0.3) is 0 Å². The first-order valence-electron chi connectivity index (χ1n) is 7.58. The van der Waals surface area contributed by atoms with E-state index in [1.54, 1.807) is 0 Å². The van der Waals surface area contributed by atoms with Gasteiger partial charge in [-0.05, 0) is 37.7 Å². The van der Waals surface area contributed by atoms with E-state index in [0.29, 0.717) is 13.1 Å². The molecular formula is C15H21FN2O4S. The number of sulfonamides is 1. The van der Waals surface area contributed by atoms with Crippen LogP contribution in [0.1, 0.15) is 30.6 Å². The number of carboxylic acids is 1. The van der Waals surface area contributed by atoms with E-state index in [9.17, 15) is 17.6 Å². The molecule has 0 radical (unpaired) electrons. The molecule has 0 saturated carbocycles. The van der Waals surface area contributed by atoms with E-state index < -0.39 is 27.4 Å². The minimum absolute atomic E-state index is 0.152. The van der Waals surface area contributed by atoms with Crippen molar-refractivity contribution in [2.75, 3.05) is 26.2 Å². The highest BCUT2D eigenvalue weighted by atomic mass is 32.2. The summed E-state index contributed by atoms with van der Waals surface area (Å²) in [5.74, 6) is -2.43. The van der Waals surface area contributed by atoms with Gasteiger partial charge in [-0.25, -0.2) is 17.6 Å². The van der Waals surface area contributed by atoms with Gasteiger partial charge in [0.05, 0.1) is 10.5 Å². The molecule has 6 nitrogen and oxygen atoms in total. The highest BCUT2D eigenvalue weighted by Gasteiger charge is 2.35. The molecule has 1 heterocycles. The van der Waals surface area contributed by atoms with E-state index in [1.165, 1.54) is 4.31 Å². The zero-order valence-electron chi connectivity index (χ0n) is 13.2. The van der Waals surface area contributed by atoms with Crippen molar-refractivity contribution in [1.82, 2.24) is 9.21 Å². The van der Waals surface area contributed by atoms with Crippen LogP contribution in [0.2, 0.25) is 0 Å². The fourth-order valence-electron chi connectivity index (χ4n) is 2.94. The summed E-state index contributed by atoms with van der Waals surface area (Å²) in [6.45, 7) is 6.48. The minimum Gasteiger partial charge on any atom is -0.478 e. The standard InChI is InChI=1S/C15H21FN2O4S/c1-3-17(4-2)11-7-8-18(10-11)23(21,22)12-5-6-14(16)13(9-12)15(19)20/h5-6,9,11H,3-4,7-8,10H2,1-2H3,(H,19,20)/t11-/m0/s1. The van der Waals surface area contributed by atoms with Crippen LogP contribution in [0.15, 0.2) is 23.1 Å². The number of nitrogens with zero attached hydrogens (tertiary/aromatic N) is 2. The molecule has 2 rings (SSSR count). The van der Waals surface area contributed by atoms with Gasteiger partial charge in [0, 0.05) is 19.1 Å². The second kappa shape index (κ2) is 6.94. The van der Waals surface area contributed by atoms with E-state index in [0.717, 1.165) is 37.7 Å². The van der Waals surface area contributed by atoms with Crippen LogP contribution in [-0.2, 0) is 10.0 Å². The average molecular weight is 344 g/mol. The number of carboxylic acid groups (broad SMARTS) is 1. The third-order valence-corrected chi connectivity index (χ3v) is 6.12. The molecule has 0 aliphatic carbocycles. The molecule has 1 fully saturated rings. The molecule has 8 heteroatoms. The van der Waals surface area contributed by atoms with Gasteiger partial charge in [-0.15, -0.1) is 0 Å². The van der Waals surface area contributed by atoms with Gasteiger partial charge in [0.2, 0.25) is 10.0 Å². The zero-order valence-corrected chi connectivity index (χ0v) is 14.0. The lowest BCUT2D eigenvalue weighted by molar-refractivity contribution is 0.0691. The van der Waals surface area contributed by atoms with Crippen molar-refractivity contribution >= 4 is 16.0 Å². The monoisotopic (exact) mass is 344 g/mol. The third-order valence-electron chi connectivity index (χ3n) is 4.26. The summed E-state index contributed by atoms with van der Waals surface area (Å²) in [5, 5.41) is 8.94. The molecule has 0 amide bonds. The highest BCUT2D eigenvalue weighted by Crippen LogP contribution is 2.25. The smallest absolute Gasteiger partial charge is 0.338 e. The van der Waals surface area contributed by atoms with Crippen LogP contribution in [-0.4, -0.2) is 60.9 Å². The normalized spacial score (nSPS) is 19.4. The number of aromatic carboxylic acids is 1. The first kappa shape index (κ1) is 17.8. The molecule has 128 valence electrons. The van der Waals surface area contributed by atoms with Crippen LogP contribution in [0, 0.1) is 5.82 Å². The van der Waals surface area contributed by atoms with Gasteiger partial charge >= 0.3 is 5.97 Å². The Morgan fingerprint density at radius 2 is 2.04 bits per heavy atom. The van der Waals surface area contributed by atoms with Crippen molar-refractivity contribution in [3.8, 4) is 0 Å². The van der Waals surface area contributed by atoms with E-state index in [2.05, 4.69) is 4.90 Å². The molecule has 1 saturated heterocycles. The van der Waals surface area contributed by atoms with Crippen LogP contribution in [0.3, 0.4) is 0 Å². The average Bonchev–Trinajstić information content (AvgIpc) is 2.99. The number of hydrogen-bond acceptors (Lipinski definition) is 4. The fraction of sp³-hybridized carbons (Fsp3) is 0.533. The lowest BCUT2D eigenvalue weighted by Crippen LogP contribution is -2.38. The molecule has 1 aromatic rings. The van der Waals surface area contributed by atoms with Crippen LogP contribution >= 0.6 is 0 Å². The highest BCUT2D eigenvalue weighted by molar-refractivity contribution is 7.89. The quantitative estimate of drug-likeness (QED) is 0.849. The van der Waals surface area contributed by atoms with Crippen molar-refractivity contribution in [2.45, 2.75) is 31.2 Å². The maximum absolute atomic E-state index is 13.4. The first-order valence-corrected chi connectivity index (χ1v) is 9.02. The number of benzene rings is 1. The molecule has 1 N–H and O–H groups in total. The summed E-state index contributed by atoms with van der Waals surface area (Å²) in [6, 6.07) is 3.03. The predicted octanol–water partition coefficient (Wildman–Crippen LogP) is 1.63. The lowest BCUT2D eigenvalue weighted by atomic mass is 10.2. The largest absolute Gasteiger partial charge is 0.478 e. The van der Waals surface area contributed by atoms with Crippen molar-refractivity contribution in [2.24, 2.45) is 0 Å². The Morgan fingerprint density at radius 1 is 1.39 bits per heavy atom. The topological polar surface area (TPSA) is 77.9 Å². The molecular weight excluding hydrogens is 323 g/mol. The molecule has 0 unspecified atom stereocenters. The van der Waals surface area contributed by atoms with Crippen molar-refractivity contribution in [3.63, 3.8) is 0 Å². The number of hydrogen-bond donors (Lipinski definition) is 1. The second-order valence-corrected chi connectivity index (χ2v) is 7.41. The van der Waals surface area contributed by atoms with Gasteiger partial charge in [0.1, 0.15) is 5.82 Å². The summed E-state index contributed by atoms with van der Waals surface area (Å²) < 4.78 is 40.1. The van der Waals surface area contributed by atoms with E-state index >= 15 is 0 Å². The Labute approximate surface area is 135 Å². The molecule has 1 atom stereocenters. The number of carbonyl (C=O) groups is 1. The van der Waals surface area contributed by atoms with E-state index in [1.807, 2.05) is 13.8 Å². The Balaban J connectivity index is 2.26. The van der Waals surface area contributed by atoms with Gasteiger partial charge in [-0.1, -0.05) is 13.8 Å². The van der Waals surface area contributed by atoms with Gasteiger partial charge in [-0.3, -0.25) is 4.90 Å². The van der Waals surface area contributed by atoms with Gasteiger partial charge in [-0.2, -0.15) is 4.31 Å². The Morgan fingerprint density at radius 3 is 2.61 bits per heavy atom. The summed E-state index contributed by atoms with van der Waals surface area (Å²) in [6.07, 6.45) is 0.730. The van der Waals surface area contributed by atoms with Crippen molar-refractivity contribution < 1.29 is 22.7 Å². The molecule has 1 aromatic carbocycles. The number of rotatable bonds is 6. The number of likely N-dealkylation sites (N-methyl/N-ethyl adjacent to an activating group) is 1. The summed E-state index contributed by atoms with van der Waals surface area (Å²) >= 11 is 0. The molecule has 23 heavy (non-hydrogen) atoms. The Bertz CT molecular complexity index is 689. The molecule has 1 aliphatic heterocycles. The summed E-state index contributed by atoms with van der Waals surface area (Å²) in [5.41, 5.74) is -0.634. The van der Waals surface area contributed by atoms with Crippen LogP contribution in [0.25, 0.3) is 0 Å². The summed E-state index contributed by atoms with van der Waals surface area (Å²) in [7, 11) is -3.82. The van der Waals surface area contributed by atoms with Crippen LogP contribution in [0.4, 0.5) is 4.39 Å². The molecule has 1 aliphatic rings. The van der Waals surface area contributed by atoms with E-state index in [4.69, 9.17) is 5.11 Å². The number of halogens is 1. The maximum Gasteiger partial charge on any atom is 0.338 e. The molecule has 0 aromatic heterocycles. The Kier molecular flexibility index (Phi) is 5.38. The lowest BCUT2D eigenvalue weighted by Gasteiger charge is -2.26. The van der Waals surface area contributed by atoms with Crippen LogP contribution in [0.5, 0.6) is 0 Å². The van der Waals surface area contributed by atoms with Gasteiger partial charge < -0.3 is 5.11 Å². The maximum atomic E-state index is 13.4. The SMILES string of the molecule is CCN(CC)[C@H]1CCN(S(=O)(=O)c2ccc(F)c(C(=O)O)c2)C1. The summed E-state index contributed by atoms with van der Waals surface area (Å²) in [4.78, 5) is 13.0. The molecule has 0 spiro atoms. The van der Waals surface area contributed by atoms with E-state index in [-0.39, 0.29) is 10.9 Å². The third kappa shape index (κ3) is 3.54. The van der Waals surface area contributed by atoms with Crippen molar-refractivity contribution in [1.29, 1.82) is 0 Å². The molecule has 0 bridgehead atoms. The zero-order chi connectivity index (χ0) is 17.2.